The lowest BCUT2D eigenvalue weighted by Crippen LogP contribution is -2.31. The average molecular weight is 679 g/mol. The van der Waals surface area contributed by atoms with Crippen LogP contribution in [0, 0.1) is 0 Å². The summed E-state index contributed by atoms with van der Waals surface area (Å²) < 4.78 is 30.0. The summed E-state index contributed by atoms with van der Waals surface area (Å²) in [5.74, 6) is -0.561. The lowest BCUT2D eigenvalue weighted by Gasteiger charge is -2.25. The van der Waals surface area contributed by atoms with Crippen LogP contribution in [0.2, 0.25) is 0 Å². The predicted octanol–water partition coefficient (Wildman–Crippen LogP) is 8.03. The number of imidazole rings is 1. The van der Waals surface area contributed by atoms with Crippen LogP contribution in [0.4, 0.5) is 0 Å². The molecule has 1 atom stereocenters. The molecule has 2 aromatic heterocycles. The van der Waals surface area contributed by atoms with Crippen molar-refractivity contribution in [1.29, 1.82) is 0 Å². The van der Waals surface area contributed by atoms with Gasteiger partial charge in [0.1, 0.15) is 30.0 Å². The van der Waals surface area contributed by atoms with Crippen molar-refractivity contribution in [2.24, 2.45) is 0 Å². The molecular formula is C40H42N2O8. The SMILES string of the molecule is CC(C)(C)OC(=O)COc1ccc(C[C@H](OC(=O)c2ccc3c(c2)nc(-c2ccoc2)n3C2CCCCC2)C(=O)OCc2ccccc2)cc1. The molecule has 0 unspecified atom stereocenters. The first-order valence-electron chi connectivity index (χ1n) is 17.0. The van der Waals surface area contributed by atoms with Crippen LogP contribution in [-0.4, -0.2) is 45.8 Å². The zero-order valence-electron chi connectivity index (χ0n) is 28.6. The van der Waals surface area contributed by atoms with Gasteiger partial charge in [0.25, 0.3) is 0 Å². The normalized spacial score (nSPS) is 14.2. The van der Waals surface area contributed by atoms with Crippen molar-refractivity contribution in [2.45, 2.75) is 83.6 Å². The van der Waals surface area contributed by atoms with Crippen LogP contribution in [0.3, 0.4) is 0 Å². The number of fused-ring (bicyclic) bond motifs is 1. The van der Waals surface area contributed by atoms with Gasteiger partial charge in [-0.1, -0.05) is 61.7 Å². The Balaban J connectivity index is 1.20. The van der Waals surface area contributed by atoms with Crippen LogP contribution in [0.1, 0.15) is 80.4 Å². The van der Waals surface area contributed by atoms with Crippen LogP contribution < -0.4 is 4.74 Å². The number of furan rings is 1. The Labute approximate surface area is 291 Å². The Hall–Kier alpha value is -5.38. The summed E-state index contributed by atoms with van der Waals surface area (Å²) >= 11 is 0. The highest BCUT2D eigenvalue weighted by atomic mass is 16.6. The summed E-state index contributed by atoms with van der Waals surface area (Å²) in [5, 5.41) is 0. The number of hydrogen-bond donors (Lipinski definition) is 0. The molecule has 1 saturated carbocycles. The lowest BCUT2D eigenvalue weighted by atomic mass is 9.95. The molecule has 10 nitrogen and oxygen atoms in total. The topological polar surface area (TPSA) is 119 Å². The molecule has 50 heavy (non-hydrogen) atoms. The van der Waals surface area contributed by atoms with Crippen molar-refractivity contribution in [3.05, 3.63) is 108 Å². The molecule has 260 valence electrons. The molecule has 10 heteroatoms. The maximum atomic E-state index is 13.6. The largest absolute Gasteiger partial charge is 0.482 e. The molecule has 0 amide bonds. The van der Waals surface area contributed by atoms with Gasteiger partial charge < -0.3 is 27.9 Å². The number of carbonyl (C=O) groups excluding carboxylic acids is 3. The second kappa shape index (κ2) is 15.4. The molecule has 6 rings (SSSR count). The van der Waals surface area contributed by atoms with Crippen LogP contribution in [0.15, 0.2) is 95.8 Å². The first-order chi connectivity index (χ1) is 24.1. The number of ether oxygens (including phenoxy) is 4. The number of carbonyl (C=O) groups is 3. The minimum absolute atomic E-state index is 0.0342. The van der Waals surface area contributed by atoms with E-state index in [2.05, 4.69) is 4.57 Å². The van der Waals surface area contributed by atoms with Crippen LogP contribution in [0.25, 0.3) is 22.4 Å². The van der Waals surface area contributed by atoms with E-state index in [-0.39, 0.29) is 25.2 Å². The summed E-state index contributed by atoms with van der Waals surface area (Å²) in [6, 6.07) is 23.7. The standard InChI is InChI=1S/C40H42N2O8/c1-40(2,3)50-36(43)26-47-32-17-14-27(15-18-32)22-35(39(45)48-24-28-10-6-4-7-11-28)49-38(44)29-16-19-34-33(23-29)41-37(30-20-21-46-25-30)42(34)31-12-8-5-9-13-31/h4,6-7,10-11,14-21,23,25,31,35H,5,8-9,12-13,22,24,26H2,1-3H3/t35-/m0/s1. The third-order valence-corrected chi connectivity index (χ3v) is 8.50. The Morgan fingerprint density at radius 1 is 0.920 bits per heavy atom. The highest BCUT2D eigenvalue weighted by Gasteiger charge is 2.28. The molecule has 5 aromatic rings. The van der Waals surface area contributed by atoms with Crippen LogP contribution >= 0.6 is 0 Å². The number of aromatic nitrogens is 2. The molecule has 0 aliphatic heterocycles. The molecule has 0 saturated heterocycles. The van der Waals surface area contributed by atoms with Gasteiger partial charge in [-0.15, -0.1) is 0 Å². The fourth-order valence-corrected chi connectivity index (χ4v) is 6.17. The van der Waals surface area contributed by atoms with E-state index in [1.54, 1.807) is 69.7 Å². The van der Waals surface area contributed by atoms with E-state index in [9.17, 15) is 14.4 Å². The highest BCUT2D eigenvalue weighted by Crippen LogP contribution is 2.36. The van der Waals surface area contributed by atoms with Gasteiger partial charge in [-0.25, -0.2) is 19.4 Å². The van der Waals surface area contributed by atoms with Gasteiger partial charge in [-0.05, 0) is 81.1 Å². The van der Waals surface area contributed by atoms with E-state index in [4.69, 9.17) is 28.3 Å². The van der Waals surface area contributed by atoms with Crippen molar-refractivity contribution in [2.75, 3.05) is 6.61 Å². The van der Waals surface area contributed by atoms with Crippen LogP contribution in [0.5, 0.6) is 5.75 Å². The third-order valence-electron chi connectivity index (χ3n) is 8.50. The molecule has 0 radical (unpaired) electrons. The smallest absolute Gasteiger partial charge is 0.348 e. The highest BCUT2D eigenvalue weighted by molar-refractivity contribution is 5.95. The van der Waals surface area contributed by atoms with Gasteiger partial charge in [0.2, 0.25) is 6.10 Å². The van der Waals surface area contributed by atoms with Crippen molar-refractivity contribution in [3.8, 4) is 17.1 Å². The maximum Gasteiger partial charge on any atom is 0.348 e. The summed E-state index contributed by atoms with van der Waals surface area (Å²) in [4.78, 5) is 44.1. The number of benzene rings is 3. The summed E-state index contributed by atoms with van der Waals surface area (Å²) in [6.45, 7) is 5.16. The zero-order chi connectivity index (χ0) is 35.1. The average Bonchev–Trinajstić information content (AvgIpc) is 3.78. The van der Waals surface area contributed by atoms with E-state index in [1.807, 2.05) is 42.5 Å². The Kier molecular flexibility index (Phi) is 10.7. The van der Waals surface area contributed by atoms with E-state index < -0.39 is 29.6 Å². The van der Waals surface area contributed by atoms with Gasteiger partial charge in [0.05, 0.1) is 28.4 Å². The van der Waals surface area contributed by atoms with Crippen molar-refractivity contribution < 1.29 is 37.7 Å². The second-order valence-electron chi connectivity index (χ2n) is 13.5. The monoisotopic (exact) mass is 678 g/mol. The van der Waals surface area contributed by atoms with Crippen molar-refractivity contribution in [1.82, 2.24) is 9.55 Å². The van der Waals surface area contributed by atoms with Crippen molar-refractivity contribution >= 4 is 28.9 Å². The number of esters is 3. The minimum Gasteiger partial charge on any atom is -0.482 e. The first kappa shape index (κ1) is 34.5. The minimum atomic E-state index is -1.23. The number of rotatable bonds is 12. The quantitative estimate of drug-likeness (QED) is 0.0954. The molecule has 0 spiro atoms. The fraction of sp³-hybridized carbons (Fsp3) is 0.350. The van der Waals surface area contributed by atoms with Gasteiger partial charge in [0.15, 0.2) is 6.61 Å². The van der Waals surface area contributed by atoms with Gasteiger partial charge in [0, 0.05) is 12.5 Å². The van der Waals surface area contributed by atoms with Gasteiger partial charge in [-0.3, -0.25) is 0 Å². The van der Waals surface area contributed by atoms with E-state index in [1.165, 1.54) is 6.42 Å². The molecule has 3 aromatic carbocycles. The Morgan fingerprint density at radius 3 is 2.38 bits per heavy atom. The zero-order valence-corrected chi connectivity index (χ0v) is 28.6. The second-order valence-corrected chi connectivity index (χ2v) is 13.5. The molecule has 1 fully saturated rings. The molecule has 0 N–H and O–H groups in total. The Morgan fingerprint density at radius 2 is 1.68 bits per heavy atom. The molecule has 2 heterocycles. The maximum absolute atomic E-state index is 13.6. The molecule has 0 bridgehead atoms. The van der Waals surface area contributed by atoms with Crippen LogP contribution in [-0.2, 0) is 36.8 Å². The van der Waals surface area contributed by atoms with E-state index in [0.717, 1.165) is 48.2 Å². The third kappa shape index (κ3) is 8.80. The molecule has 1 aliphatic carbocycles. The van der Waals surface area contributed by atoms with Crippen molar-refractivity contribution in [3.63, 3.8) is 0 Å². The van der Waals surface area contributed by atoms with Gasteiger partial charge >= 0.3 is 17.9 Å². The Bertz CT molecular complexity index is 1900. The lowest BCUT2D eigenvalue weighted by molar-refractivity contribution is -0.157. The number of nitrogens with zero attached hydrogens (tertiary/aromatic N) is 2. The predicted molar refractivity (Wildman–Crippen MR) is 186 cm³/mol. The molecule has 1 aliphatic rings. The van der Waals surface area contributed by atoms with E-state index >= 15 is 0 Å². The fourth-order valence-electron chi connectivity index (χ4n) is 6.17. The first-order valence-corrected chi connectivity index (χ1v) is 17.0. The summed E-state index contributed by atoms with van der Waals surface area (Å²) in [7, 11) is 0. The molecular weight excluding hydrogens is 636 g/mol. The summed E-state index contributed by atoms with van der Waals surface area (Å²) in [6.07, 6.45) is 7.80. The summed E-state index contributed by atoms with van der Waals surface area (Å²) in [5.41, 5.74) is 3.64. The number of hydrogen-bond acceptors (Lipinski definition) is 9. The van der Waals surface area contributed by atoms with E-state index in [0.29, 0.717) is 22.9 Å². The van der Waals surface area contributed by atoms with Gasteiger partial charge in [-0.2, -0.15) is 0 Å².